The second-order valence-electron chi connectivity index (χ2n) is 5.38. The number of aromatic nitrogens is 2. The molecule has 5 heteroatoms. The third-order valence-corrected chi connectivity index (χ3v) is 4.61. The van der Waals surface area contributed by atoms with Crippen molar-refractivity contribution in [3.63, 3.8) is 0 Å². The van der Waals surface area contributed by atoms with E-state index < -0.39 is 0 Å². The summed E-state index contributed by atoms with van der Waals surface area (Å²) in [7, 11) is 3.33. The van der Waals surface area contributed by atoms with E-state index in [1.54, 1.807) is 25.6 Å². The molecule has 0 saturated carbocycles. The Balaban J connectivity index is 0.000000339. The van der Waals surface area contributed by atoms with Crippen molar-refractivity contribution in [2.75, 3.05) is 14.2 Å². The summed E-state index contributed by atoms with van der Waals surface area (Å²) in [4.78, 5) is 7.56. The number of hydrogen-bond acceptors (Lipinski definition) is 4. The maximum atomic E-state index is 5.17. The molecule has 0 atom stereocenters. The quantitative estimate of drug-likeness (QED) is 0.519. The van der Waals surface area contributed by atoms with E-state index in [4.69, 9.17) is 14.5 Å². The van der Waals surface area contributed by atoms with Crippen molar-refractivity contribution in [3.05, 3.63) is 78.4 Å². The van der Waals surface area contributed by atoms with Gasteiger partial charge in [0.25, 0.3) is 0 Å². The Labute approximate surface area is 157 Å². The van der Waals surface area contributed by atoms with Crippen molar-refractivity contribution in [3.8, 4) is 33.3 Å². The molecule has 0 aliphatic rings. The zero-order valence-electron chi connectivity index (χ0n) is 14.7. The SMILES string of the molecule is COc1ccc(-c2csc(-c3ccc(OC)cc3)n2)cc1.c1cc[nH]c1. The van der Waals surface area contributed by atoms with Crippen molar-refractivity contribution in [1.82, 2.24) is 9.97 Å². The van der Waals surface area contributed by atoms with Crippen LogP contribution in [-0.4, -0.2) is 24.2 Å². The van der Waals surface area contributed by atoms with Gasteiger partial charge < -0.3 is 14.5 Å². The Morgan fingerprint density at radius 2 is 1.31 bits per heavy atom. The number of methoxy groups -OCH3 is 2. The number of H-pyrrole nitrogens is 1. The van der Waals surface area contributed by atoms with Crippen LogP contribution in [0.2, 0.25) is 0 Å². The molecule has 0 saturated heterocycles. The fraction of sp³-hybridized carbons (Fsp3) is 0.0952. The first kappa shape index (κ1) is 17.8. The van der Waals surface area contributed by atoms with Crippen LogP contribution >= 0.6 is 11.3 Å². The van der Waals surface area contributed by atoms with Crippen LogP contribution in [0.3, 0.4) is 0 Å². The lowest BCUT2D eigenvalue weighted by Gasteiger charge is -2.01. The maximum Gasteiger partial charge on any atom is 0.124 e. The Hall–Kier alpha value is -3.05. The average molecular weight is 364 g/mol. The van der Waals surface area contributed by atoms with Crippen molar-refractivity contribution in [2.24, 2.45) is 0 Å². The van der Waals surface area contributed by atoms with E-state index in [-0.39, 0.29) is 0 Å². The largest absolute Gasteiger partial charge is 0.497 e. The number of nitrogens with one attached hydrogen (secondary N) is 1. The highest BCUT2D eigenvalue weighted by Gasteiger charge is 2.07. The van der Waals surface area contributed by atoms with E-state index in [9.17, 15) is 0 Å². The molecule has 0 aliphatic carbocycles. The van der Waals surface area contributed by atoms with Gasteiger partial charge in [-0.2, -0.15) is 0 Å². The molecule has 2 aromatic carbocycles. The number of aromatic amines is 1. The monoisotopic (exact) mass is 364 g/mol. The van der Waals surface area contributed by atoms with Crippen molar-refractivity contribution >= 4 is 11.3 Å². The van der Waals surface area contributed by atoms with Crippen LogP contribution in [0.5, 0.6) is 11.5 Å². The summed E-state index contributed by atoms with van der Waals surface area (Å²) in [5.74, 6) is 1.70. The smallest absolute Gasteiger partial charge is 0.124 e. The second kappa shape index (κ2) is 8.87. The molecule has 0 spiro atoms. The third-order valence-electron chi connectivity index (χ3n) is 3.72. The highest BCUT2D eigenvalue weighted by molar-refractivity contribution is 7.13. The standard InChI is InChI=1S/C17H15NO2S.C4H5N/c1-19-14-7-3-12(4-8-14)16-11-21-17(18-16)13-5-9-15(20-2)10-6-13;1-2-4-5-3-1/h3-11H,1-2H3;1-5H. The number of nitrogens with zero attached hydrogens (tertiary/aromatic N) is 1. The van der Waals surface area contributed by atoms with E-state index in [1.165, 1.54) is 0 Å². The van der Waals surface area contributed by atoms with Gasteiger partial charge in [-0.15, -0.1) is 11.3 Å². The normalized spacial score (nSPS) is 9.92. The number of hydrogen-bond donors (Lipinski definition) is 1. The number of benzene rings is 2. The van der Waals surface area contributed by atoms with Gasteiger partial charge in [-0.1, -0.05) is 0 Å². The third kappa shape index (κ3) is 4.52. The lowest BCUT2D eigenvalue weighted by atomic mass is 10.1. The van der Waals surface area contributed by atoms with Crippen molar-refractivity contribution in [1.29, 1.82) is 0 Å². The van der Waals surface area contributed by atoms with Crippen LogP contribution in [0.15, 0.2) is 78.4 Å². The average Bonchev–Trinajstić information content (AvgIpc) is 3.43. The summed E-state index contributed by atoms with van der Waals surface area (Å²) in [6.45, 7) is 0. The summed E-state index contributed by atoms with van der Waals surface area (Å²) in [5, 5.41) is 3.07. The predicted octanol–water partition coefficient (Wildman–Crippen LogP) is 5.51. The molecule has 0 aliphatic heterocycles. The molecular weight excluding hydrogens is 344 g/mol. The Morgan fingerprint density at radius 3 is 1.77 bits per heavy atom. The molecule has 4 nitrogen and oxygen atoms in total. The Kier molecular flexibility index (Phi) is 6.06. The zero-order chi connectivity index (χ0) is 18.2. The van der Waals surface area contributed by atoms with Gasteiger partial charge in [0, 0.05) is 28.9 Å². The van der Waals surface area contributed by atoms with Gasteiger partial charge in [0.2, 0.25) is 0 Å². The fourth-order valence-electron chi connectivity index (χ4n) is 2.31. The van der Waals surface area contributed by atoms with E-state index in [1.807, 2.05) is 73.1 Å². The van der Waals surface area contributed by atoms with Gasteiger partial charge in [-0.25, -0.2) is 4.98 Å². The number of ether oxygens (including phenoxy) is 2. The van der Waals surface area contributed by atoms with E-state index in [0.717, 1.165) is 33.3 Å². The molecule has 0 amide bonds. The lowest BCUT2D eigenvalue weighted by molar-refractivity contribution is 0.415. The van der Waals surface area contributed by atoms with Gasteiger partial charge in [0.1, 0.15) is 16.5 Å². The minimum atomic E-state index is 0.851. The minimum absolute atomic E-state index is 0.851. The predicted molar refractivity (Wildman–Crippen MR) is 107 cm³/mol. The number of thiazole rings is 1. The summed E-state index contributed by atoms with van der Waals surface area (Å²) >= 11 is 1.64. The first-order valence-corrected chi connectivity index (χ1v) is 9.00. The van der Waals surface area contributed by atoms with Gasteiger partial charge in [0.15, 0.2) is 0 Å². The summed E-state index contributed by atoms with van der Waals surface area (Å²) in [6, 6.07) is 19.8. The topological polar surface area (TPSA) is 47.1 Å². The van der Waals surface area contributed by atoms with Crippen LogP contribution in [0.1, 0.15) is 0 Å². The molecule has 4 rings (SSSR count). The van der Waals surface area contributed by atoms with Gasteiger partial charge >= 0.3 is 0 Å². The highest BCUT2D eigenvalue weighted by atomic mass is 32.1. The van der Waals surface area contributed by atoms with Crippen LogP contribution in [0.4, 0.5) is 0 Å². The molecule has 2 aromatic heterocycles. The van der Waals surface area contributed by atoms with E-state index in [2.05, 4.69) is 10.4 Å². The first-order valence-electron chi connectivity index (χ1n) is 8.12. The second-order valence-corrected chi connectivity index (χ2v) is 6.24. The molecular formula is C21H20N2O2S. The molecule has 132 valence electrons. The number of rotatable bonds is 4. The summed E-state index contributed by atoms with van der Waals surface area (Å²) in [6.07, 6.45) is 3.75. The van der Waals surface area contributed by atoms with Gasteiger partial charge in [-0.05, 0) is 60.7 Å². The maximum absolute atomic E-state index is 5.17. The fourth-order valence-corrected chi connectivity index (χ4v) is 3.15. The summed E-state index contributed by atoms with van der Waals surface area (Å²) < 4.78 is 10.3. The van der Waals surface area contributed by atoms with Crippen molar-refractivity contribution in [2.45, 2.75) is 0 Å². The van der Waals surface area contributed by atoms with Crippen molar-refractivity contribution < 1.29 is 9.47 Å². The van der Waals surface area contributed by atoms with Crippen LogP contribution in [0.25, 0.3) is 21.8 Å². The molecule has 2 heterocycles. The molecule has 26 heavy (non-hydrogen) atoms. The molecule has 0 bridgehead atoms. The lowest BCUT2D eigenvalue weighted by Crippen LogP contribution is -1.84. The summed E-state index contributed by atoms with van der Waals surface area (Å²) in [5.41, 5.74) is 3.17. The van der Waals surface area contributed by atoms with Crippen LogP contribution < -0.4 is 9.47 Å². The first-order chi connectivity index (χ1) is 12.8. The zero-order valence-corrected chi connectivity index (χ0v) is 15.5. The molecule has 1 N–H and O–H groups in total. The van der Waals surface area contributed by atoms with Gasteiger partial charge in [-0.3, -0.25) is 0 Å². The molecule has 0 unspecified atom stereocenters. The van der Waals surface area contributed by atoms with Crippen LogP contribution in [-0.2, 0) is 0 Å². The van der Waals surface area contributed by atoms with Gasteiger partial charge in [0.05, 0.1) is 19.9 Å². The van der Waals surface area contributed by atoms with Crippen LogP contribution in [0, 0.1) is 0 Å². The minimum Gasteiger partial charge on any atom is -0.497 e. The molecule has 0 fully saturated rings. The van der Waals surface area contributed by atoms with E-state index >= 15 is 0 Å². The van der Waals surface area contributed by atoms with E-state index in [0.29, 0.717) is 0 Å². The highest BCUT2D eigenvalue weighted by Crippen LogP contribution is 2.30. The molecule has 0 radical (unpaired) electrons. The Bertz CT molecular complexity index is 819. The molecule has 4 aromatic rings. The Morgan fingerprint density at radius 1 is 0.769 bits per heavy atom.